The van der Waals surface area contributed by atoms with E-state index in [2.05, 4.69) is 34.3 Å². The molecule has 2 aromatic carbocycles. The van der Waals surface area contributed by atoms with Gasteiger partial charge in [-0.15, -0.1) is 0 Å². The molecule has 2 fully saturated rings. The summed E-state index contributed by atoms with van der Waals surface area (Å²) in [6.07, 6.45) is 0.264. The van der Waals surface area contributed by atoms with Crippen molar-refractivity contribution in [2.45, 2.75) is 19.9 Å². The van der Waals surface area contributed by atoms with E-state index in [1.807, 2.05) is 43.3 Å². The molecule has 0 spiro atoms. The Morgan fingerprint density at radius 3 is 2.47 bits per heavy atom. The van der Waals surface area contributed by atoms with Crippen LogP contribution in [-0.2, 0) is 16.1 Å². The molecule has 0 aromatic heterocycles. The zero-order valence-corrected chi connectivity index (χ0v) is 17.8. The quantitative estimate of drug-likeness (QED) is 0.829. The zero-order chi connectivity index (χ0) is 21.1. The first-order valence-corrected chi connectivity index (χ1v) is 10.7. The molecule has 30 heavy (non-hydrogen) atoms. The van der Waals surface area contributed by atoms with E-state index in [4.69, 9.17) is 0 Å². The molecule has 2 aliphatic heterocycles. The summed E-state index contributed by atoms with van der Waals surface area (Å²) in [5.41, 5.74) is 4.32. The lowest BCUT2D eigenvalue weighted by molar-refractivity contribution is -0.126. The van der Waals surface area contributed by atoms with Crippen LogP contribution in [0.2, 0.25) is 0 Å². The van der Waals surface area contributed by atoms with Gasteiger partial charge in [0.2, 0.25) is 11.8 Å². The van der Waals surface area contributed by atoms with Crippen molar-refractivity contribution in [2.75, 3.05) is 49.6 Å². The van der Waals surface area contributed by atoms with Crippen LogP contribution >= 0.6 is 0 Å². The van der Waals surface area contributed by atoms with Crippen LogP contribution in [0, 0.1) is 12.8 Å². The lowest BCUT2D eigenvalue weighted by Crippen LogP contribution is -2.45. The smallest absolute Gasteiger partial charge is 0.227 e. The van der Waals surface area contributed by atoms with E-state index in [1.165, 1.54) is 5.69 Å². The molecule has 2 aliphatic rings. The second kappa shape index (κ2) is 8.88. The monoisotopic (exact) mass is 406 g/mol. The molecule has 6 nitrogen and oxygen atoms in total. The van der Waals surface area contributed by atoms with Crippen LogP contribution in [0.3, 0.4) is 0 Å². The molecule has 0 radical (unpaired) electrons. The Morgan fingerprint density at radius 2 is 1.73 bits per heavy atom. The maximum Gasteiger partial charge on any atom is 0.227 e. The Morgan fingerprint density at radius 1 is 1.03 bits per heavy atom. The number of benzene rings is 2. The normalized spacial score (nSPS) is 19.9. The summed E-state index contributed by atoms with van der Waals surface area (Å²) < 4.78 is 0. The summed E-state index contributed by atoms with van der Waals surface area (Å²) >= 11 is 0. The van der Waals surface area contributed by atoms with Gasteiger partial charge >= 0.3 is 0 Å². The van der Waals surface area contributed by atoms with E-state index in [0.29, 0.717) is 13.1 Å². The molecule has 1 N–H and O–H groups in total. The minimum atomic E-state index is -0.311. The van der Waals surface area contributed by atoms with E-state index in [1.54, 1.807) is 4.90 Å². The highest BCUT2D eigenvalue weighted by atomic mass is 16.2. The van der Waals surface area contributed by atoms with Crippen LogP contribution in [0.25, 0.3) is 0 Å². The van der Waals surface area contributed by atoms with E-state index in [9.17, 15) is 9.59 Å². The van der Waals surface area contributed by atoms with Crippen LogP contribution in [0.1, 0.15) is 17.5 Å². The predicted molar refractivity (Wildman–Crippen MR) is 120 cm³/mol. The van der Waals surface area contributed by atoms with Gasteiger partial charge in [-0.25, -0.2) is 0 Å². The fourth-order valence-corrected chi connectivity index (χ4v) is 4.20. The summed E-state index contributed by atoms with van der Waals surface area (Å²) in [5, 5.41) is 3.08. The van der Waals surface area contributed by atoms with Gasteiger partial charge < -0.3 is 20.0 Å². The lowest BCUT2D eigenvalue weighted by atomic mass is 10.1. The fraction of sp³-hybridized carbons (Fsp3) is 0.417. The van der Waals surface area contributed by atoms with Crippen LogP contribution in [0.4, 0.5) is 11.4 Å². The molecular formula is C24H30N4O2. The number of carbonyl (C=O) groups is 2. The number of para-hydroxylation sites is 1. The Bertz CT molecular complexity index is 904. The maximum atomic E-state index is 12.8. The Balaban J connectivity index is 1.37. The van der Waals surface area contributed by atoms with Gasteiger partial charge in [0, 0.05) is 57.1 Å². The summed E-state index contributed by atoms with van der Waals surface area (Å²) in [7, 11) is 2.15. The topological polar surface area (TPSA) is 55.9 Å². The molecule has 6 heteroatoms. The number of anilines is 2. The average molecular weight is 407 g/mol. The third-order valence-corrected chi connectivity index (χ3v) is 6.13. The number of piperazine rings is 1. The van der Waals surface area contributed by atoms with Gasteiger partial charge in [-0.1, -0.05) is 35.9 Å². The Hall–Kier alpha value is -2.86. The van der Waals surface area contributed by atoms with Crippen LogP contribution < -0.4 is 15.1 Å². The van der Waals surface area contributed by atoms with E-state index in [-0.39, 0.29) is 24.2 Å². The molecule has 0 aliphatic carbocycles. The molecule has 1 unspecified atom stereocenters. The number of rotatable bonds is 5. The molecule has 2 amide bonds. The summed E-state index contributed by atoms with van der Waals surface area (Å²) in [5.74, 6) is -0.349. The number of nitrogens with one attached hydrogen (secondary N) is 1. The predicted octanol–water partition coefficient (Wildman–Crippen LogP) is 2.42. The second-order valence-electron chi connectivity index (χ2n) is 8.38. The number of hydrogen-bond donors (Lipinski definition) is 1. The molecule has 4 rings (SSSR count). The number of nitrogens with zero attached hydrogens (tertiary/aromatic N) is 3. The molecule has 158 valence electrons. The highest BCUT2D eigenvalue weighted by Crippen LogP contribution is 2.26. The fourth-order valence-electron chi connectivity index (χ4n) is 4.20. The van der Waals surface area contributed by atoms with Crippen LogP contribution in [0.5, 0.6) is 0 Å². The number of carbonyl (C=O) groups excluding carboxylic acids is 2. The molecule has 2 saturated heterocycles. The van der Waals surface area contributed by atoms with Gasteiger partial charge in [-0.3, -0.25) is 9.59 Å². The molecule has 0 bridgehead atoms. The van der Waals surface area contributed by atoms with Crippen molar-refractivity contribution in [3.63, 3.8) is 0 Å². The number of amides is 2. The summed E-state index contributed by atoms with van der Waals surface area (Å²) in [6.45, 7) is 7.00. The van der Waals surface area contributed by atoms with Crippen molar-refractivity contribution in [3.05, 3.63) is 59.7 Å². The molecular weight excluding hydrogens is 376 g/mol. The van der Waals surface area contributed by atoms with Crippen LogP contribution in [-0.4, -0.2) is 56.5 Å². The third-order valence-electron chi connectivity index (χ3n) is 6.13. The van der Waals surface area contributed by atoms with E-state index in [0.717, 1.165) is 43.0 Å². The van der Waals surface area contributed by atoms with Crippen molar-refractivity contribution >= 4 is 23.2 Å². The first kappa shape index (κ1) is 20.4. The first-order chi connectivity index (χ1) is 14.5. The minimum absolute atomic E-state index is 0.0110. The van der Waals surface area contributed by atoms with Gasteiger partial charge in [0.25, 0.3) is 0 Å². The number of hydrogen-bond acceptors (Lipinski definition) is 4. The summed E-state index contributed by atoms with van der Waals surface area (Å²) in [4.78, 5) is 31.7. The van der Waals surface area contributed by atoms with Crippen molar-refractivity contribution in [2.24, 2.45) is 5.92 Å². The maximum absolute atomic E-state index is 12.8. The van der Waals surface area contributed by atoms with Crippen molar-refractivity contribution < 1.29 is 9.59 Å². The van der Waals surface area contributed by atoms with E-state index >= 15 is 0 Å². The zero-order valence-electron chi connectivity index (χ0n) is 17.8. The van der Waals surface area contributed by atoms with Gasteiger partial charge in [-0.05, 0) is 37.7 Å². The SMILES string of the molecule is Cc1ccc(N2CC(C(=O)NCc3ccccc3N3CCN(C)CC3)CC2=O)cc1. The first-order valence-electron chi connectivity index (χ1n) is 10.7. The van der Waals surface area contributed by atoms with E-state index < -0.39 is 0 Å². The Labute approximate surface area is 178 Å². The third kappa shape index (κ3) is 4.49. The lowest BCUT2D eigenvalue weighted by Gasteiger charge is -2.35. The number of aryl methyl sites for hydroxylation is 1. The second-order valence-corrected chi connectivity index (χ2v) is 8.38. The van der Waals surface area contributed by atoms with Crippen molar-refractivity contribution in [1.82, 2.24) is 10.2 Å². The molecule has 1 atom stereocenters. The van der Waals surface area contributed by atoms with Crippen LogP contribution in [0.15, 0.2) is 48.5 Å². The van der Waals surface area contributed by atoms with Crippen molar-refractivity contribution in [3.8, 4) is 0 Å². The van der Waals surface area contributed by atoms with Gasteiger partial charge in [-0.2, -0.15) is 0 Å². The highest BCUT2D eigenvalue weighted by molar-refractivity contribution is 6.00. The molecule has 0 saturated carbocycles. The van der Waals surface area contributed by atoms with Crippen molar-refractivity contribution in [1.29, 1.82) is 0 Å². The molecule has 2 heterocycles. The average Bonchev–Trinajstić information content (AvgIpc) is 3.15. The molecule has 2 aromatic rings. The van der Waals surface area contributed by atoms with Gasteiger partial charge in [0.15, 0.2) is 0 Å². The van der Waals surface area contributed by atoms with Gasteiger partial charge in [0.1, 0.15) is 0 Å². The highest BCUT2D eigenvalue weighted by Gasteiger charge is 2.35. The Kier molecular flexibility index (Phi) is 6.04. The van der Waals surface area contributed by atoms with Gasteiger partial charge in [0.05, 0.1) is 5.92 Å². The largest absolute Gasteiger partial charge is 0.369 e. The minimum Gasteiger partial charge on any atom is -0.369 e. The summed E-state index contributed by atoms with van der Waals surface area (Å²) in [6, 6.07) is 16.1. The number of likely N-dealkylation sites (N-methyl/N-ethyl adjacent to an activating group) is 1. The standard InChI is InChI=1S/C24H30N4O2/c1-18-7-9-21(10-8-18)28-17-20(15-23(28)29)24(30)25-16-19-5-3-4-6-22(19)27-13-11-26(2)12-14-27/h3-10,20H,11-17H2,1-2H3,(H,25,30).